The quantitative estimate of drug-likeness (QED) is 0.860. The molecule has 1 heterocycles. The average Bonchev–Trinajstić information content (AvgIpc) is 3.08. The van der Waals surface area contributed by atoms with Crippen molar-refractivity contribution in [3.63, 3.8) is 0 Å². The van der Waals surface area contributed by atoms with E-state index >= 15 is 0 Å². The Balaban J connectivity index is 1.90. The summed E-state index contributed by atoms with van der Waals surface area (Å²) in [4.78, 5) is 0. The molecule has 6 heteroatoms. The second-order valence-electron chi connectivity index (χ2n) is 4.69. The number of benzene rings is 1. The van der Waals surface area contributed by atoms with Crippen LogP contribution in [0.3, 0.4) is 0 Å². The molecule has 0 amide bonds. The van der Waals surface area contributed by atoms with Crippen LogP contribution in [-0.2, 0) is 6.54 Å². The first kappa shape index (κ1) is 11.5. The summed E-state index contributed by atoms with van der Waals surface area (Å²) in [7, 11) is 0. The molecule has 2 aromatic rings. The van der Waals surface area contributed by atoms with E-state index in [0.717, 1.165) is 24.4 Å². The van der Waals surface area contributed by atoms with Crippen molar-refractivity contribution in [1.29, 1.82) is 0 Å². The lowest BCUT2D eigenvalue weighted by Crippen LogP contribution is -2.05. The summed E-state index contributed by atoms with van der Waals surface area (Å²) in [5, 5.41) is 12.4. The molecule has 1 aliphatic carbocycles. The highest BCUT2D eigenvalue weighted by molar-refractivity contribution is 6.31. The molecule has 94 valence electrons. The average molecular weight is 264 g/mol. The van der Waals surface area contributed by atoms with Crippen LogP contribution in [-0.4, -0.2) is 20.2 Å². The first-order valence-electron chi connectivity index (χ1n) is 6.05. The third-order valence-corrected chi connectivity index (χ3v) is 3.47. The molecule has 18 heavy (non-hydrogen) atoms. The van der Waals surface area contributed by atoms with E-state index in [2.05, 4.69) is 15.5 Å². The number of tetrazole rings is 1. The number of nitrogens with zero attached hydrogens (tertiary/aromatic N) is 4. The number of aryl methyl sites for hydroxylation is 1. The second-order valence-corrected chi connectivity index (χ2v) is 5.13. The Bertz CT molecular complexity index is 561. The Morgan fingerprint density at radius 2 is 2.22 bits per heavy atom. The summed E-state index contributed by atoms with van der Waals surface area (Å²) in [6.45, 7) is 0.832. The van der Waals surface area contributed by atoms with Gasteiger partial charge in [0.2, 0.25) is 0 Å². The minimum absolute atomic E-state index is 0.635. The number of rotatable bonds is 4. The molecular formula is C12H14ClN5. The first-order valence-corrected chi connectivity index (χ1v) is 6.43. The Kier molecular flexibility index (Phi) is 2.91. The summed E-state index contributed by atoms with van der Waals surface area (Å²) in [6, 6.07) is 5.34. The molecule has 1 aliphatic rings. The van der Waals surface area contributed by atoms with E-state index < -0.39 is 0 Å². The zero-order valence-electron chi connectivity index (χ0n) is 9.88. The van der Waals surface area contributed by atoms with E-state index in [0.29, 0.717) is 16.5 Å². The molecule has 1 saturated carbocycles. The van der Waals surface area contributed by atoms with E-state index in [4.69, 9.17) is 17.3 Å². The molecular weight excluding hydrogens is 250 g/mol. The van der Waals surface area contributed by atoms with Gasteiger partial charge in [0, 0.05) is 22.8 Å². The molecule has 3 rings (SSSR count). The van der Waals surface area contributed by atoms with Crippen LogP contribution in [0, 0.1) is 5.92 Å². The molecule has 0 aliphatic heterocycles. The van der Waals surface area contributed by atoms with Crippen LogP contribution in [0.15, 0.2) is 18.2 Å². The van der Waals surface area contributed by atoms with Crippen molar-refractivity contribution in [3.05, 3.63) is 23.2 Å². The molecule has 0 radical (unpaired) electrons. The predicted octanol–water partition coefficient (Wildman–Crippen LogP) is 2.38. The molecule has 2 N–H and O–H groups in total. The lowest BCUT2D eigenvalue weighted by Gasteiger charge is -2.07. The van der Waals surface area contributed by atoms with Gasteiger partial charge in [-0.2, -0.15) is 0 Å². The third-order valence-electron chi connectivity index (χ3n) is 3.23. The van der Waals surface area contributed by atoms with Gasteiger partial charge in [0.15, 0.2) is 5.82 Å². The molecule has 0 atom stereocenters. The van der Waals surface area contributed by atoms with Gasteiger partial charge in [-0.05, 0) is 41.0 Å². The molecule has 0 saturated heterocycles. The molecule has 1 aromatic carbocycles. The van der Waals surface area contributed by atoms with Crippen LogP contribution < -0.4 is 5.73 Å². The fourth-order valence-corrected chi connectivity index (χ4v) is 2.15. The zero-order chi connectivity index (χ0) is 12.5. The normalized spacial score (nSPS) is 14.9. The highest BCUT2D eigenvalue weighted by Gasteiger charge is 2.22. The maximum absolute atomic E-state index is 5.99. The Labute approximate surface area is 110 Å². The smallest absolute Gasteiger partial charge is 0.184 e. The van der Waals surface area contributed by atoms with E-state index in [1.807, 2.05) is 0 Å². The topological polar surface area (TPSA) is 69.6 Å². The van der Waals surface area contributed by atoms with Crippen LogP contribution in [0.4, 0.5) is 5.69 Å². The van der Waals surface area contributed by atoms with E-state index in [1.165, 1.54) is 12.8 Å². The summed E-state index contributed by atoms with van der Waals surface area (Å²) in [5.74, 6) is 1.54. The largest absolute Gasteiger partial charge is 0.398 e. The maximum Gasteiger partial charge on any atom is 0.184 e. The number of aromatic nitrogens is 4. The van der Waals surface area contributed by atoms with Crippen molar-refractivity contribution in [2.24, 2.45) is 5.92 Å². The van der Waals surface area contributed by atoms with Crippen molar-refractivity contribution >= 4 is 17.3 Å². The Hall–Kier alpha value is -1.62. The molecule has 0 unspecified atom stereocenters. The van der Waals surface area contributed by atoms with Crippen LogP contribution in [0.5, 0.6) is 0 Å². The lowest BCUT2D eigenvalue weighted by atomic mass is 10.1. The fourth-order valence-electron chi connectivity index (χ4n) is 1.98. The maximum atomic E-state index is 5.99. The number of nitrogen functional groups attached to an aromatic ring is 1. The SMILES string of the molecule is Nc1ccc(Cl)cc1-c1nnnn1CCC1CC1. The van der Waals surface area contributed by atoms with E-state index in [1.54, 1.807) is 22.9 Å². The van der Waals surface area contributed by atoms with Gasteiger partial charge in [-0.3, -0.25) is 0 Å². The molecule has 5 nitrogen and oxygen atoms in total. The summed E-state index contributed by atoms with van der Waals surface area (Å²) >= 11 is 5.99. The minimum atomic E-state index is 0.635. The van der Waals surface area contributed by atoms with Gasteiger partial charge in [0.05, 0.1) is 0 Å². The van der Waals surface area contributed by atoms with Gasteiger partial charge in [-0.15, -0.1) is 5.10 Å². The fraction of sp³-hybridized carbons (Fsp3) is 0.417. The lowest BCUT2D eigenvalue weighted by molar-refractivity contribution is 0.535. The van der Waals surface area contributed by atoms with Crippen LogP contribution >= 0.6 is 11.6 Å². The molecule has 1 fully saturated rings. The van der Waals surface area contributed by atoms with Gasteiger partial charge in [-0.25, -0.2) is 4.68 Å². The second kappa shape index (κ2) is 4.57. The molecule has 1 aromatic heterocycles. The van der Waals surface area contributed by atoms with Gasteiger partial charge in [0.1, 0.15) is 0 Å². The summed E-state index contributed by atoms with van der Waals surface area (Å²) < 4.78 is 1.81. The Morgan fingerprint density at radius 1 is 1.39 bits per heavy atom. The number of halogens is 1. The standard InChI is InChI=1S/C12H14ClN5/c13-9-3-4-11(14)10(7-9)12-15-16-17-18(12)6-5-8-1-2-8/h3-4,7-8H,1-2,5-6,14H2. The van der Waals surface area contributed by atoms with Crippen molar-refractivity contribution in [3.8, 4) is 11.4 Å². The zero-order valence-corrected chi connectivity index (χ0v) is 10.6. The third kappa shape index (κ3) is 2.31. The monoisotopic (exact) mass is 263 g/mol. The number of hydrogen-bond donors (Lipinski definition) is 1. The van der Waals surface area contributed by atoms with Gasteiger partial charge in [-0.1, -0.05) is 24.4 Å². The Morgan fingerprint density at radius 3 is 3.00 bits per heavy atom. The molecule has 0 spiro atoms. The van der Waals surface area contributed by atoms with E-state index in [9.17, 15) is 0 Å². The van der Waals surface area contributed by atoms with Crippen molar-refractivity contribution < 1.29 is 0 Å². The van der Waals surface area contributed by atoms with Crippen LogP contribution in [0.25, 0.3) is 11.4 Å². The molecule has 0 bridgehead atoms. The number of anilines is 1. The van der Waals surface area contributed by atoms with Gasteiger partial charge in [0.25, 0.3) is 0 Å². The van der Waals surface area contributed by atoms with Crippen LogP contribution in [0.1, 0.15) is 19.3 Å². The first-order chi connectivity index (χ1) is 8.74. The van der Waals surface area contributed by atoms with Gasteiger partial charge >= 0.3 is 0 Å². The summed E-state index contributed by atoms with van der Waals surface area (Å²) in [5.41, 5.74) is 7.39. The minimum Gasteiger partial charge on any atom is -0.398 e. The van der Waals surface area contributed by atoms with Gasteiger partial charge < -0.3 is 5.73 Å². The number of nitrogens with two attached hydrogens (primary N) is 1. The van der Waals surface area contributed by atoms with E-state index in [-0.39, 0.29) is 0 Å². The highest BCUT2D eigenvalue weighted by Crippen LogP contribution is 2.33. The van der Waals surface area contributed by atoms with Crippen molar-refractivity contribution in [2.45, 2.75) is 25.8 Å². The van der Waals surface area contributed by atoms with Crippen molar-refractivity contribution in [1.82, 2.24) is 20.2 Å². The van der Waals surface area contributed by atoms with Crippen molar-refractivity contribution in [2.75, 3.05) is 5.73 Å². The van der Waals surface area contributed by atoms with Crippen LogP contribution in [0.2, 0.25) is 5.02 Å². The number of hydrogen-bond acceptors (Lipinski definition) is 4. The summed E-state index contributed by atoms with van der Waals surface area (Å²) in [6.07, 6.45) is 3.78. The highest BCUT2D eigenvalue weighted by atomic mass is 35.5. The predicted molar refractivity (Wildman–Crippen MR) is 70.0 cm³/mol.